The van der Waals surface area contributed by atoms with Crippen molar-refractivity contribution < 1.29 is 161 Å². The Kier molecular flexibility index (Phi) is 54.6. The van der Waals surface area contributed by atoms with E-state index in [0.29, 0.717) is 116 Å². The summed E-state index contributed by atoms with van der Waals surface area (Å²) in [5.41, 5.74) is -1.59. The van der Waals surface area contributed by atoms with Crippen molar-refractivity contribution in [3.8, 4) is 0 Å². The van der Waals surface area contributed by atoms with Gasteiger partial charge in [0.05, 0.1) is 46.2 Å². The summed E-state index contributed by atoms with van der Waals surface area (Å²) in [5.74, 6) is -8.42. The SMILES string of the molecule is COP(=O)(O)OCCCCNC(=O)CCCC(=O)N1CCCC1C(=O)NC(COCCC(=O)NCCCCCCOC1OC(COC(C)=O)C(C)C(OC(C)=O)C1NC(C)=O)(COCCC(=O)NCCCCCCOC1OC(COC(C)=O)C(C)C(OC(C)=O)C1NC(C)=O)COCCC(=O)NCCCCCCOC1OC(COC(C)=O)C(C)C(OC(C)=O)C1NC(C)=O. The van der Waals surface area contributed by atoms with Gasteiger partial charge in [-0.2, -0.15) is 0 Å². The molecule has 17 unspecified atom stereocenters. The maximum atomic E-state index is 14.9. The van der Waals surface area contributed by atoms with Gasteiger partial charge in [0.1, 0.15) is 86.2 Å². The van der Waals surface area contributed by atoms with Crippen molar-refractivity contribution in [1.29, 1.82) is 0 Å². The monoisotopic (exact) mass is 1870 g/mol. The van der Waals surface area contributed by atoms with Crippen molar-refractivity contribution in [1.82, 2.24) is 47.4 Å². The summed E-state index contributed by atoms with van der Waals surface area (Å²) >= 11 is 0. The molecule has 9 amide bonds. The van der Waals surface area contributed by atoms with Crippen molar-refractivity contribution in [2.75, 3.05) is 126 Å². The van der Waals surface area contributed by atoms with Crippen LogP contribution in [0.3, 0.4) is 0 Å². The Morgan fingerprint density at radius 2 is 0.721 bits per heavy atom. The number of phosphoric acid groups is 1. The van der Waals surface area contributed by atoms with Crippen molar-refractivity contribution in [2.45, 2.75) is 310 Å². The minimum Gasteiger partial charge on any atom is -0.463 e. The lowest BCUT2D eigenvalue weighted by Gasteiger charge is -2.44. The second-order valence-corrected chi connectivity index (χ2v) is 34.3. The van der Waals surface area contributed by atoms with Gasteiger partial charge in [0.2, 0.25) is 53.2 Å². The van der Waals surface area contributed by atoms with E-state index in [-0.39, 0.29) is 173 Å². The van der Waals surface area contributed by atoms with Gasteiger partial charge in [-0.25, -0.2) is 4.57 Å². The molecular formula is C85H144N9O34P. The van der Waals surface area contributed by atoms with Crippen LogP contribution in [0, 0.1) is 17.8 Å². The van der Waals surface area contributed by atoms with Crippen molar-refractivity contribution in [3.05, 3.63) is 0 Å². The molecule has 0 saturated carbocycles. The number of unbranched alkanes of at least 4 members (excludes halogenated alkanes) is 10. The molecule has 4 heterocycles. The van der Waals surface area contributed by atoms with E-state index >= 15 is 0 Å². The second kappa shape index (κ2) is 62.3. The fraction of sp³-hybridized carbons (Fsp3) is 0.824. The Hall–Kier alpha value is -8.20. The zero-order chi connectivity index (χ0) is 95.4. The molecule has 9 N–H and O–H groups in total. The van der Waals surface area contributed by atoms with Crippen LogP contribution in [0.15, 0.2) is 0 Å². The number of hydrogen-bond acceptors (Lipinski definition) is 33. The maximum Gasteiger partial charge on any atom is 0.471 e. The fourth-order valence-electron chi connectivity index (χ4n) is 14.9. The van der Waals surface area contributed by atoms with Crippen LogP contribution in [0.25, 0.3) is 0 Å². The minimum absolute atomic E-state index is 0.0109. The molecule has 4 aliphatic rings. The van der Waals surface area contributed by atoms with Crippen LogP contribution in [-0.4, -0.2) is 310 Å². The average molecular weight is 1870 g/mol. The number of hydrogen-bond donors (Lipinski definition) is 9. The summed E-state index contributed by atoms with van der Waals surface area (Å²) in [5, 5.41) is 22.8. The molecule has 4 fully saturated rings. The summed E-state index contributed by atoms with van der Waals surface area (Å²) in [6.45, 7) is 16.6. The molecule has 0 aromatic carbocycles. The number of nitrogens with one attached hydrogen (secondary N) is 8. The summed E-state index contributed by atoms with van der Waals surface area (Å²) in [7, 11) is -3.10. The summed E-state index contributed by atoms with van der Waals surface area (Å²) < 4.78 is 109. The Bertz CT molecular complexity index is 3280. The van der Waals surface area contributed by atoms with Gasteiger partial charge < -0.3 is 123 Å². The average Bonchev–Trinajstić information content (AvgIpc) is 1.11. The smallest absolute Gasteiger partial charge is 0.463 e. The van der Waals surface area contributed by atoms with Crippen molar-refractivity contribution >= 4 is 96.8 Å². The van der Waals surface area contributed by atoms with Crippen LogP contribution in [-0.2, 0) is 157 Å². The molecule has 4 rings (SSSR count). The highest BCUT2D eigenvalue weighted by Crippen LogP contribution is 2.42. The molecule has 129 heavy (non-hydrogen) atoms. The van der Waals surface area contributed by atoms with E-state index in [1.807, 2.05) is 0 Å². The highest BCUT2D eigenvalue weighted by Gasteiger charge is 2.51. The zero-order valence-electron chi connectivity index (χ0n) is 77.3. The number of likely N-dealkylation sites (tertiary alicyclic amines) is 1. The van der Waals surface area contributed by atoms with E-state index in [4.69, 9.17) is 75.6 Å². The lowest BCUT2D eigenvalue weighted by Crippen LogP contribution is -2.63. The zero-order valence-corrected chi connectivity index (χ0v) is 78.2. The molecule has 0 aromatic heterocycles. The number of phosphoric ester groups is 1. The summed E-state index contributed by atoms with van der Waals surface area (Å²) in [6, 6.07) is -3.59. The Morgan fingerprint density at radius 1 is 0.403 bits per heavy atom. The third-order valence-electron chi connectivity index (χ3n) is 21.6. The van der Waals surface area contributed by atoms with Gasteiger partial charge in [-0.1, -0.05) is 59.3 Å². The number of ether oxygens (including phenoxy) is 15. The molecule has 4 aliphatic heterocycles. The van der Waals surface area contributed by atoms with Gasteiger partial charge in [-0.05, 0) is 70.6 Å². The van der Waals surface area contributed by atoms with Crippen LogP contribution in [0.2, 0.25) is 0 Å². The molecule has 44 heteroatoms. The third kappa shape index (κ3) is 46.1. The summed E-state index contributed by atoms with van der Waals surface area (Å²) in [4.78, 5) is 202. The molecule has 43 nitrogen and oxygen atoms in total. The van der Waals surface area contributed by atoms with Crippen LogP contribution in [0.5, 0.6) is 0 Å². The van der Waals surface area contributed by atoms with E-state index in [1.165, 1.54) is 67.2 Å². The first-order valence-corrected chi connectivity index (χ1v) is 46.3. The molecule has 0 bridgehead atoms. The number of carbonyl (C=O) groups is 15. The van der Waals surface area contributed by atoms with Gasteiger partial charge in [0, 0.05) is 172 Å². The third-order valence-corrected chi connectivity index (χ3v) is 22.5. The number of nitrogens with zero attached hydrogens (tertiary/aromatic N) is 1. The molecule has 0 aromatic rings. The first-order valence-electron chi connectivity index (χ1n) is 44.8. The first-order chi connectivity index (χ1) is 61.3. The van der Waals surface area contributed by atoms with Crippen molar-refractivity contribution in [3.63, 3.8) is 0 Å². The molecule has 17 atom stereocenters. The van der Waals surface area contributed by atoms with E-state index in [2.05, 4.69) is 47.1 Å². The van der Waals surface area contributed by atoms with E-state index in [0.717, 1.165) is 7.11 Å². The van der Waals surface area contributed by atoms with E-state index in [9.17, 15) is 81.4 Å². The molecule has 4 saturated heterocycles. The molecule has 0 radical (unpaired) electrons. The van der Waals surface area contributed by atoms with Gasteiger partial charge in [0.15, 0.2) is 18.9 Å². The molecular weight excluding hydrogens is 1720 g/mol. The number of amides is 9. The quantitative estimate of drug-likeness (QED) is 0.0183. The molecule has 0 spiro atoms. The van der Waals surface area contributed by atoms with Gasteiger partial charge in [0.25, 0.3) is 0 Å². The minimum atomic E-state index is -4.15. The number of rotatable bonds is 64. The van der Waals surface area contributed by atoms with Crippen LogP contribution < -0.4 is 42.5 Å². The molecule has 0 aliphatic carbocycles. The summed E-state index contributed by atoms with van der Waals surface area (Å²) in [6.07, 6.45) is 0.672. The fourth-order valence-corrected chi connectivity index (χ4v) is 15.4. The highest BCUT2D eigenvalue weighted by atomic mass is 31.2. The Labute approximate surface area is 755 Å². The lowest BCUT2D eigenvalue weighted by molar-refractivity contribution is -0.260. The molecule has 738 valence electrons. The highest BCUT2D eigenvalue weighted by molar-refractivity contribution is 7.47. The maximum absolute atomic E-state index is 14.9. The Morgan fingerprint density at radius 3 is 1.04 bits per heavy atom. The normalized spacial score (nSPS) is 24.0. The van der Waals surface area contributed by atoms with E-state index in [1.54, 1.807) is 20.8 Å². The topological polar surface area (TPSA) is 550 Å². The lowest BCUT2D eigenvalue weighted by atomic mass is 9.89. The van der Waals surface area contributed by atoms with Crippen molar-refractivity contribution in [2.24, 2.45) is 17.8 Å². The standard InChI is InChI=1S/C85H144N9O34P/c1-54-67(48-119-60(7)98)126-82(75(90-57(4)95)78(54)123-63(10)101)116-41-24-17-14-20-36-87-71(105)33-45-113-51-85(93-81(109)66-30-29-40-94(66)74(108)32-28-31-70(104)86-39-23-27-44-122-129(110,111)112-13,52-114-46-34-72(106)88-37-21-15-18-25-42-117-83-76(91-58(5)96)79(124-64(11)102)55(2)68(127-83)49-120-61(8)99)53-115-47-35-73(107)89-38-22-16-19-26-43-118-84-77(92-59(6)97)80(125-65(12)103)56(3)69(128-84)50-121-62(9)100/h54-56,66-69,75-80,82-84H,14-53H2,1-13H3,(H,86,104)(H,87,105)(H,88,106)(H,89,107)(H,90,95)(H,91,96)(H,92,97)(H,93,109)(H,110,111). The number of carbonyl (C=O) groups excluding carboxylic acids is 15. The largest absolute Gasteiger partial charge is 0.471 e. The predicted octanol–water partition coefficient (Wildman–Crippen LogP) is 3.04. The van der Waals surface area contributed by atoms with Crippen LogP contribution in [0.1, 0.15) is 224 Å². The van der Waals surface area contributed by atoms with Gasteiger partial charge in [-0.15, -0.1) is 0 Å². The Balaban J connectivity index is 1.45. The second-order valence-electron chi connectivity index (χ2n) is 32.7. The van der Waals surface area contributed by atoms with Gasteiger partial charge >= 0.3 is 43.6 Å². The van der Waals surface area contributed by atoms with E-state index < -0.39 is 170 Å². The predicted molar refractivity (Wildman–Crippen MR) is 456 cm³/mol. The van der Waals surface area contributed by atoms with Crippen LogP contribution in [0.4, 0.5) is 0 Å². The van der Waals surface area contributed by atoms with Gasteiger partial charge in [-0.3, -0.25) is 81.0 Å². The first kappa shape index (κ1) is 113. The van der Waals surface area contributed by atoms with Crippen LogP contribution >= 0.6 is 7.82 Å². The number of esters is 6.